The summed E-state index contributed by atoms with van der Waals surface area (Å²) in [5.74, 6) is -1.78. The number of hydroxylamine groups is 1. The average molecular weight is 557 g/mol. The van der Waals surface area contributed by atoms with Gasteiger partial charge in [0.25, 0.3) is 11.8 Å². The maximum atomic E-state index is 13.2. The highest BCUT2D eigenvalue weighted by Gasteiger charge is 2.30. The predicted molar refractivity (Wildman–Crippen MR) is 155 cm³/mol. The first kappa shape index (κ1) is 28.0. The third kappa shape index (κ3) is 6.46. The van der Waals surface area contributed by atoms with Gasteiger partial charge in [0.05, 0.1) is 35.2 Å². The Balaban J connectivity index is 1.31. The predicted octanol–water partition coefficient (Wildman–Crippen LogP) is 3.74. The van der Waals surface area contributed by atoms with Gasteiger partial charge in [-0.2, -0.15) is 0 Å². The molecule has 5 rings (SSSR count). The molecule has 2 heterocycles. The van der Waals surface area contributed by atoms with Crippen LogP contribution in [0.25, 0.3) is 11.3 Å². The van der Waals surface area contributed by atoms with Gasteiger partial charge < -0.3 is 25.7 Å². The third-order valence-corrected chi connectivity index (χ3v) is 7.30. The van der Waals surface area contributed by atoms with Gasteiger partial charge in [-0.25, -0.2) is 10.3 Å². The van der Waals surface area contributed by atoms with Crippen molar-refractivity contribution in [1.82, 2.24) is 10.4 Å². The fourth-order valence-corrected chi connectivity index (χ4v) is 5.03. The Morgan fingerprint density at radius 1 is 1.02 bits per heavy atom. The van der Waals surface area contributed by atoms with E-state index in [4.69, 9.17) is 4.84 Å². The van der Waals surface area contributed by atoms with Crippen molar-refractivity contribution < 1.29 is 29.4 Å². The number of aromatic carboxylic acids is 1. The number of likely N-dealkylation sites (tertiary alicyclic amines) is 1. The minimum absolute atomic E-state index is 0.128. The lowest BCUT2D eigenvalue weighted by atomic mass is 9.96. The molecule has 0 radical (unpaired) electrons. The summed E-state index contributed by atoms with van der Waals surface area (Å²) in [6.45, 7) is 4.33. The minimum Gasteiger partial charge on any atom is -0.478 e. The maximum absolute atomic E-state index is 13.2. The summed E-state index contributed by atoms with van der Waals surface area (Å²) in [6, 6.07) is 19.4. The highest BCUT2D eigenvalue weighted by atomic mass is 16.7. The van der Waals surface area contributed by atoms with Crippen LogP contribution in [0, 0.1) is 6.92 Å². The van der Waals surface area contributed by atoms with Crippen molar-refractivity contribution in [1.29, 1.82) is 0 Å². The summed E-state index contributed by atoms with van der Waals surface area (Å²) >= 11 is 0. The number of carbonyl (C=O) groups is 3. The molecule has 2 aliphatic rings. The van der Waals surface area contributed by atoms with E-state index < -0.39 is 5.97 Å². The Kier molecular flexibility index (Phi) is 8.44. The number of piperidine rings is 1. The summed E-state index contributed by atoms with van der Waals surface area (Å²) in [5.41, 5.74) is 6.97. The van der Waals surface area contributed by atoms with Crippen LogP contribution in [0.4, 0.5) is 11.4 Å². The molecule has 2 aliphatic heterocycles. The van der Waals surface area contributed by atoms with Crippen LogP contribution < -0.4 is 16.1 Å². The average Bonchev–Trinajstić information content (AvgIpc) is 3.29. The molecule has 1 fully saturated rings. The summed E-state index contributed by atoms with van der Waals surface area (Å²) in [5, 5.41) is 25.3. The molecule has 5 N–H and O–H groups in total. The number of nitrogens with zero attached hydrogens (tertiary/aromatic N) is 1. The summed E-state index contributed by atoms with van der Waals surface area (Å²) < 4.78 is 0. The van der Waals surface area contributed by atoms with E-state index in [0.29, 0.717) is 52.5 Å². The zero-order chi connectivity index (χ0) is 28.9. The molecule has 212 valence electrons. The van der Waals surface area contributed by atoms with E-state index in [1.807, 2.05) is 30.3 Å². The highest BCUT2D eigenvalue weighted by molar-refractivity contribution is 6.37. The lowest BCUT2D eigenvalue weighted by molar-refractivity contribution is -0.110. The number of aryl methyl sites for hydroxylation is 1. The molecular formula is C31H32N4O6. The zero-order valence-corrected chi connectivity index (χ0v) is 22.6. The number of carboxylic acids is 1. The number of aliphatic hydroxyl groups excluding tert-OH is 1. The number of carboxylic acid groups (broad SMARTS) is 1. The Morgan fingerprint density at radius 2 is 1.73 bits per heavy atom. The maximum Gasteiger partial charge on any atom is 0.336 e. The second-order valence-electron chi connectivity index (χ2n) is 10.1. The van der Waals surface area contributed by atoms with Crippen LogP contribution in [0.5, 0.6) is 0 Å². The topological polar surface area (TPSA) is 140 Å². The lowest BCUT2D eigenvalue weighted by Gasteiger charge is -2.29. The number of carbonyl (C=O) groups excluding carboxylic acids is 2. The molecule has 41 heavy (non-hydrogen) atoms. The van der Waals surface area contributed by atoms with E-state index in [0.717, 1.165) is 31.5 Å². The Hall–Kier alpha value is -4.51. The van der Waals surface area contributed by atoms with Crippen molar-refractivity contribution in [2.75, 3.05) is 36.9 Å². The van der Waals surface area contributed by atoms with Crippen molar-refractivity contribution in [2.24, 2.45) is 0 Å². The van der Waals surface area contributed by atoms with Gasteiger partial charge in [0.2, 0.25) is 0 Å². The summed E-state index contributed by atoms with van der Waals surface area (Å²) in [4.78, 5) is 44.9. The molecule has 3 aromatic carbocycles. The standard InChI is InChI=1S/C31H32N4O6/c1-19-17-25-26(18-24(19)31(39)40)33-30(38)27(25)28(20-5-3-2-4-6-20)32-22-9-7-21(8-10-22)29(37)34-41-16-15-35-13-11-23(36)12-14-35/h2-10,17-18,23,32,36H,11-16H2,1H3,(H,33,38)(H,34,37)(H,39,40)/b28-27+. The highest BCUT2D eigenvalue weighted by Crippen LogP contribution is 2.39. The number of aliphatic hydroxyl groups is 1. The number of benzene rings is 3. The largest absolute Gasteiger partial charge is 0.478 e. The number of hydrogen-bond donors (Lipinski definition) is 5. The molecule has 0 saturated carbocycles. The molecule has 10 heteroatoms. The Bertz CT molecular complexity index is 1480. The first-order valence-corrected chi connectivity index (χ1v) is 13.5. The fraction of sp³-hybridized carbons (Fsp3) is 0.258. The van der Waals surface area contributed by atoms with Crippen LogP contribution in [-0.4, -0.2) is 65.2 Å². The molecule has 0 aliphatic carbocycles. The number of nitrogens with one attached hydrogen (secondary N) is 3. The van der Waals surface area contributed by atoms with E-state index in [9.17, 15) is 24.6 Å². The van der Waals surface area contributed by atoms with E-state index in [2.05, 4.69) is 21.0 Å². The normalized spacial score (nSPS) is 16.6. The molecule has 3 aromatic rings. The van der Waals surface area contributed by atoms with Crippen molar-refractivity contribution in [3.05, 3.63) is 94.5 Å². The number of anilines is 2. The number of rotatable bonds is 9. The second-order valence-corrected chi connectivity index (χ2v) is 10.1. The van der Waals surface area contributed by atoms with Crippen LogP contribution in [-0.2, 0) is 9.63 Å². The quantitative estimate of drug-likeness (QED) is 0.153. The second kappa shape index (κ2) is 12.3. The molecule has 0 bridgehead atoms. The van der Waals surface area contributed by atoms with Gasteiger partial charge in [0.1, 0.15) is 0 Å². The van der Waals surface area contributed by atoms with Crippen molar-refractivity contribution in [3.63, 3.8) is 0 Å². The Labute approximate surface area is 237 Å². The fourth-order valence-electron chi connectivity index (χ4n) is 5.03. The number of fused-ring (bicyclic) bond motifs is 1. The molecule has 0 atom stereocenters. The molecule has 2 amide bonds. The van der Waals surface area contributed by atoms with Gasteiger partial charge in [0.15, 0.2) is 0 Å². The first-order valence-electron chi connectivity index (χ1n) is 13.5. The molecule has 10 nitrogen and oxygen atoms in total. The summed E-state index contributed by atoms with van der Waals surface area (Å²) in [6.07, 6.45) is 1.27. The minimum atomic E-state index is -1.06. The van der Waals surface area contributed by atoms with Gasteiger partial charge in [-0.05, 0) is 67.3 Å². The van der Waals surface area contributed by atoms with Crippen molar-refractivity contribution in [3.8, 4) is 0 Å². The van der Waals surface area contributed by atoms with Crippen LogP contribution in [0.3, 0.4) is 0 Å². The molecular weight excluding hydrogens is 524 g/mol. The number of amides is 2. The van der Waals surface area contributed by atoms with Crippen LogP contribution in [0.1, 0.15) is 50.2 Å². The molecule has 0 aromatic heterocycles. The van der Waals surface area contributed by atoms with Crippen molar-refractivity contribution >= 4 is 40.4 Å². The van der Waals surface area contributed by atoms with Crippen LogP contribution in [0.15, 0.2) is 66.7 Å². The lowest BCUT2D eigenvalue weighted by Crippen LogP contribution is -2.38. The molecule has 0 spiro atoms. The number of hydrogen-bond acceptors (Lipinski definition) is 7. The van der Waals surface area contributed by atoms with Crippen LogP contribution >= 0.6 is 0 Å². The van der Waals surface area contributed by atoms with Gasteiger partial charge in [0, 0.05) is 36.4 Å². The van der Waals surface area contributed by atoms with E-state index >= 15 is 0 Å². The van der Waals surface area contributed by atoms with Gasteiger partial charge in [-0.1, -0.05) is 30.3 Å². The van der Waals surface area contributed by atoms with E-state index in [-0.39, 0.29) is 23.5 Å². The summed E-state index contributed by atoms with van der Waals surface area (Å²) in [7, 11) is 0. The Morgan fingerprint density at radius 3 is 2.41 bits per heavy atom. The van der Waals surface area contributed by atoms with Gasteiger partial charge in [-0.3, -0.25) is 14.4 Å². The van der Waals surface area contributed by atoms with Gasteiger partial charge >= 0.3 is 5.97 Å². The zero-order valence-electron chi connectivity index (χ0n) is 22.6. The van der Waals surface area contributed by atoms with E-state index in [1.54, 1.807) is 37.3 Å². The SMILES string of the molecule is Cc1cc2c(cc1C(=O)O)NC(=O)/C2=C(/Nc1ccc(C(=O)NOCCN2CCC(O)CC2)cc1)c1ccccc1. The third-order valence-electron chi connectivity index (χ3n) is 7.30. The van der Waals surface area contributed by atoms with Crippen LogP contribution in [0.2, 0.25) is 0 Å². The van der Waals surface area contributed by atoms with Crippen molar-refractivity contribution in [2.45, 2.75) is 25.9 Å². The smallest absolute Gasteiger partial charge is 0.336 e. The van der Waals surface area contributed by atoms with Gasteiger partial charge in [-0.15, -0.1) is 0 Å². The first-order chi connectivity index (χ1) is 19.8. The monoisotopic (exact) mass is 556 g/mol. The van der Waals surface area contributed by atoms with E-state index in [1.165, 1.54) is 6.07 Å². The molecule has 1 saturated heterocycles. The molecule has 0 unspecified atom stereocenters.